The Bertz CT molecular complexity index is 552. The molecule has 6 heteroatoms. The summed E-state index contributed by atoms with van der Waals surface area (Å²) in [6, 6.07) is 8.89. The second-order valence-corrected chi connectivity index (χ2v) is 8.11. The van der Waals surface area contributed by atoms with E-state index < -0.39 is 26.5 Å². The van der Waals surface area contributed by atoms with E-state index in [9.17, 15) is 18.3 Å². The maximum atomic E-state index is 11.6. The van der Waals surface area contributed by atoms with E-state index in [1.165, 1.54) is 6.26 Å². The van der Waals surface area contributed by atoms with Crippen LogP contribution in [0, 0.1) is 0 Å². The van der Waals surface area contributed by atoms with Crippen LogP contribution in [-0.2, 0) is 14.6 Å². The van der Waals surface area contributed by atoms with E-state index in [0.29, 0.717) is 5.56 Å². The zero-order chi connectivity index (χ0) is 15.4. The van der Waals surface area contributed by atoms with Crippen molar-refractivity contribution in [2.24, 2.45) is 0 Å². The topological polar surface area (TPSA) is 83.5 Å². The number of nitrogens with one attached hydrogen (secondary N) is 1. The molecule has 20 heavy (non-hydrogen) atoms. The highest BCUT2D eigenvalue weighted by atomic mass is 32.2. The third-order valence-electron chi connectivity index (χ3n) is 3.40. The molecule has 0 aliphatic heterocycles. The van der Waals surface area contributed by atoms with Crippen LogP contribution < -0.4 is 5.32 Å². The highest BCUT2D eigenvalue weighted by Crippen LogP contribution is 2.17. The Balaban J connectivity index is 2.69. The number of sulfone groups is 1. The number of rotatable bonds is 7. The van der Waals surface area contributed by atoms with Crippen molar-refractivity contribution in [2.75, 3.05) is 19.3 Å². The number of hydrogen-bond donors (Lipinski definition) is 2. The van der Waals surface area contributed by atoms with Crippen LogP contribution in [0.25, 0.3) is 0 Å². The van der Waals surface area contributed by atoms with Crippen LogP contribution in [0.4, 0.5) is 0 Å². The molecule has 0 saturated carbocycles. The summed E-state index contributed by atoms with van der Waals surface area (Å²) in [6.45, 7) is 3.64. The number of aliphatic carboxylic acids is 1. The smallest absolute Gasteiger partial charge is 0.312 e. The lowest BCUT2D eigenvalue weighted by molar-refractivity contribution is -0.138. The monoisotopic (exact) mass is 299 g/mol. The molecule has 112 valence electrons. The van der Waals surface area contributed by atoms with E-state index in [2.05, 4.69) is 5.32 Å². The highest BCUT2D eigenvalue weighted by Gasteiger charge is 2.30. The Labute approximate surface area is 119 Å². The summed E-state index contributed by atoms with van der Waals surface area (Å²) in [5.41, 5.74) is 0.699. The number of carboxylic acids is 1. The third kappa shape index (κ3) is 4.31. The lowest BCUT2D eigenvalue weighted by Gasteiger charge is -2.24. The van der Waals surface area contributed by atoms with E-state index >= 15 is 0 Å². The zero-order valence-corrected chi connectivity index (χ0v) is 12.8. The lowest BCUT2D eigenvalue weighted by Crippen LogP contribution is -2.43. The van der Waals surface area contributed by atoms with Crippen LogP contribution in [0.3, 0.4) is 0 Å². The Morgan fingerprint density at radius 2 is 1.85 bits per heavy atom. The molecule has 1 atom stereocenters. The molecular weight excluding hydrogens is 278 g/mol. The Hall–Kier alpha value is -1.40. The first kappa shape index (κ1) is 16.7. The highest BCUT2D eigenvalue weighted by molar-refractivity contribution is 7.92. The summed E-state index contributed by atoms with van der Waals surface area (Å²) < 4.78 is 22.2. The fraction of sp³-hybridized carbons (Fsp3) is 0.500. The van der Waals surface area contributed by atoms with Crippen LogP contribution in [0.5, 0.6) is 0 Å². The predicted molar refractivity (Wildman–Crippen MR) is 78.6 cm³/mol. The molecule has 0 aliphatic rings. The number of carboxylic acid groups (broad SMARTS) is 1. The molecule has 0 spiro atoms. The van der Waals surface area contributed by atoms with Crippen molar-refractivity contribution in [1.82, 2.24) is 5.32 Å². The van der Waals surface area contributed by atoms with Gasteiger partial charge < -0.3 is 10.4 Å². The van der Waals surface area contributed by atoms with E-state index in [4.69, 9.17) is 0 Å². The maximum absolute atomic E-state index is 11.6. The molecule has 1 rings (SSSR count). The summed E-state index contributed by atoms with van der Waals surface area (Å²) in [6.07, 6.45) is 1.18. The van der Waals surface area contributed by atoms with Crippen LogP contribution in [0.2, 0.25) is 0 Å². The van der Waals surface area contributed by atoms with Crippen LogP contribution in [-0.4, -0.2) is 43.6 Å². The molecule has 1 unspecified atom stereocenters. The molecule has 0 heterocycles. The molecule has 0 amide bonds. The Kier molecular flexibility index (Phi) is 5.30. The van der Waals surface area contributed by atoms with E-state index in [0.717, 1.165) is 0 Å². The molecule has 2 N–H and O–H groups in total. The molecule has 0 aromatic heterocycles. The fourth-order valence-electron chi connectivity index (χ4n) is 1.68. The number of carbonyl (C=O) groups is 1. The van der Waals surface area contributed by atoms with Gasteiger partial charge in [-0.3, -0.25) is 4.79 Å². The summed E-state index contributed by atoms with van der Waals surface area (Å²) in [5, 5.41) is 12.2. The molecule has 0 fully saturated rings. The Morgan fingerprint density at radius 1 is 1.30 bits per heavy atom. The van der Waals surface area contributed by atoms with Gasteiger partial charge in [0.05, 0.1) is 10.7 Å². The minimum atomic E-state index is -3.20. The maximum Gasteiger partial charge on any atom is 0.312 e. The van der Waals surface area contributed by atoms with Crippen LogP contribution in [0.1, 0.15) is 25.3 Å². The second-order valence-electron chi connectivity index (χ2n) is 5.46. The van der Waals surface area contributed by atoms with Gasteiger partial charge in [-0.05, 0) is 19.4 Å². The van der Waals surface area contributed by atoms with Crippen LogP contribution in [0.15, 0.2) is 30.3 Å². The zero-order valence-electron chi connectivity index (χ0n) is 12.0. The van der Waals surface area contributed by atoms with Gasteiger partial charge in [0.25, 0.3) is 0 Å². The van der Waals surface area contributed by atoms with E-state index in [1.54, 1.807) is 38.1 Å². The molecule has 0 bridgehead atoms. The van der Waals surface area contributed by atoms with Crippen molar-refractivity contribution >= 4 is 15.8 Å². The SMILES string of the molecule is CC(C)(CNCC(C(=O)O)c1ccccc1)S(C)(=O)=O. The minimum Gasteiger partial charge on any atom is -0.481 e. The summed E-state index contributed by atoms with van der Waals surface area (Å²) in [7, 11) is -3.20. The summed E-state index contributed by atoms with van der Waals surface area (Å²) >= 11 is 0. The van der Waals surface area contributed by atoms with E-state index in [-0.39, 0.29) is 13.1 Å². The molecule has 0 radical (unpaired) electrons. The van der Waals surface area contributed by atoms with Gasteiger partial charge in [-0.15, -0.1) is 0 Å². The van der Waals surface area contributed by atoms with Gasteiger partial charge in [0, 0.05) is 19.3 Å². The summed E-state index contributed by atoms with van der Waals surface area (Å²) in [4.78, 5) is 11.3. The molecular formula is C14H21NO4S. The van der Waals surface area contributed by atoms with Crippen molar-refractivity contribution in [3.63, 3.8) is 0 Å². The lowest BCUT2D eigenvalue weighted by atomic mass is 9.99. The van der Waals surface area contributed by atoms with Gasteiger partial charge in [-0.25, -0.2) is 8.42 Å². The summed E-state index contributed by atoms with van der Waals surface area (Å²) in [5.74, 6) is -1.62. The van der Waals surface area contributed by atoms with E-state index in [1.807, 2.05) is 6.07 Å². The van der Waals surface area contributed by atoms with Crippen molar-refractivity contribution < 1.29 is 18.3 Å². The predicted octanol–water partition coefficient (Wildman–Crippen LogP) is 1.27. The van der Waals surface area contributed by atoms with Crippen molar-refractivity contribution in [3.8, 4) is 0 Å². The first-order chi connectivity index (χ1) is 9.15. The van der Waals surface area contributed by atoms with Gasteiger partial charge in [-0.1, -0.05) is 30.3 Å². The van der Waals surface area contributed by atoms with Crippen LogP contribution >= 0.6 is 0 Å². The molecule has 0 saturated heterocycles. The van der Waals surface area contributed by atoms with Gasteiger partial charge in [0.1, 0.15) is 0 Å². The van der Waals surface area contributed by atoms with Gasteiger partial charge in [0.2, 0.25) is 0 Å². The first-order valence-corrected chi connectivity index (χ1v) is 8.22. The van der Waals surface area contributed by atoms with Gasteiger partial charge in [-0.2, -0.15) is 0 Å². The molecule has 5 nitrogen and oxygen atoms in total. The first-order valence-electron chi connectivity index (χ1n) is 6.33. The molecule has 0 aliphatic carbocycles. The number of benzene rings is 1. The van der Waals surface area contributed by atoms with Crippen molar-refractivity contribution in [1.29, 1.82) is 0 Å². The normalized spacial score (nSPS) is 13.9. The Morgan fingerprint density at radius 3 is 2.30 bits per heavy atom. The second kappa shape index (κ2) is 6.37. The third-order valence-corrected chi connectivity index (χ3v) is 5.55. The standard InChI is InChI=1S/C14H21NO4S/c1-14(2,20(3,18)19)10-15-9-12(13(16)17)11-7-5-4-6-8-11/h4-8,12,15H,9-10H2,1-3H3,(H,16,17). The van der Waals surface area contributed by atoms with Crippen molar-refractivity contribution in [3.05, 3.63) is 35.9 Å². The quantitative estimate of drug-likeness (QED) is 0.792. The molecule has 1 aromatic rings. The average Bonchev–Trinajstić information content (AvgIpc) is 2.34. The minimum absolute atomic E-state index is 0.193. The van der Waals surface area contributed by atoms with Gasteiger partial charge in [0.15, 0.2) is 9.84 Å². The largest absolute Gasteiger partial charge is 0.481 e. The van der Waals surface area contributed by atoms with Gasteiger partial charge >= 0.3 is 5.97 Å². The fourth-order valence-corrected chi connectivity index (χ4v) is 2.05. The van der Waals surface area contributed by atoms with Crippen molar-refractivity contribution in [2.45, 2.75) is 24.5 Å². The number of hydrogen-bond acceptors (Lipinski definition) is 4. The molecule has 1 aromatic carbocycles. The average molecular weight is 299 g/mol.